The Morgan fingerprint density at radius 3 is 2.75 bits per heavy atom. The highest BCUT2D eigenvalue weighted by Gasteiger charge is 2.36. The van der Waals surface area contributed by atoms with Crippen molar-refractivity contribution in [2.24, 2.45) is 5.41 Å². The summed E-state index contributed by atoms with van der Waals surface area (Å²) in [7, 11) is 1.57. The van der Waals surface area contributed by atoms with Gasteiger partial charge in [0.1, 0.15) is 5.76 Å². The van der Waals surface area contributed by atoms with Gasteiger partial charge in [-0.1, -0.05) is 24.3 Å². The molecular formula is C13H14O3. The highest BCUT2D eigenvalue weighted by Crippen LogP contribution is 2.37. The van der Waals surface area contributed by atoms with Crippen LogP contribution in [0.15, 0.2) is 30.3 Å². The zero-order chi connectivity index (χ0) is 11.8. The molecule has 1 aliphatic rings. The van der Waals surface area contributed by atoms with Crippen LogP contribution in [0.1, 0.15) is 18.1 Å². The van der Waals surface area contributed by atoms with Crippen molar-refractivity contribution in [3.05, 3.63) is 41.5 Å². The van der Waals surface area contributed by atoms with Crippen molar-refractivity contribution in [3.63, 3.8) is 0 Å². The van der Waals surface area contributed by atoms with E-state index in [-0.39, 0.29) is 0 Å². The van der Waals surface area contributed by atoms with Crippen LogP contribution in [0.5, 0.6) is 0 Å². The second-order valence-corrected chi connectivity index (χ2v) is 4.27. The van der Waals surface area contributed by atoms with E-state index in [0.717, 1.165) is 11.1 Å². The summed E-state index contributed by atoms with van der Waals surface area (Å²) in [6.07, 6.45) is 2.20. The van der Waals surface area contributed by atoms with Gasteiger partial charge in [0, 0.05) is 5.56 Å². The number of carboxylic acids is 1. The van der Waals surface area contributed by atoms with E-state index < -0.39 is 11.4 Å². The minimum absolute atomic E-state index is 0.505. The van der Waals surface area contributed by atoms with Crippen LogP contribution < -0.4 is 0 Å². The quantitative estimate of drug-likeness (QED) is 0.828. The SMILES string of the molecule is COC1=CC(C)(C(=O)O)Cc2ccccc21. The standard InChI is InChI=1S/C13H14O3/c1-13(12(14)15)7-9-5-3-4-6-10(9)11(8-13)16-2/h3-6,8H,7H2,1-2H3,(H,14,15). The van der Waals surface area contributed by atoms with E-state index in [1.54, 1.807) is 20.1 Å². The van der Waals surface area contributed by atoms with Gasteiger partial charge in [-0.2, -0.15) is 0 Å². The normalized spacial score (nSPS) is 23.2. The molecule has 1 unspecified atom stereocenters. The third kappa shape index (κ3) is 1.58. The first kappa shape index (κ1) is 10.7. The Kier molecular flexibility index (Phi) is 2.46. The van der Waals surface area contributed by atoms with Gasteiger partial charge in [-0.3, -0.25) is 4.79 Å². The van der Waals surface area contributed by atoms with Crippen LogP contribution in [-0.2, 0) is 16.0 Å². The van der Waals surface area contributed by atoms with Gasteiger partial charge in [0.2, 0.25) is 0 Å². The summed E-state index contributed by atoms with van der Waals surface area (Å²) >= 11 is 0. The Bertz CT molecular complexity index is 462. The molecular weight excluding hydrogens is 204 g/mol. The lowest BCUT2D eigenvalue weighted by molar-refractivity contribution is -0.145. The van der Waals surface area contributed by atoms with E-state index in [1.807, 2.05) is 24.3 Å². The summed E-state index contributed by atoms with van der Waals surface area (Å²) in [5.41, 5.74) is 1.13. The summed E-state index contributed by atoms with van der Waals surface area (Å²) in [5, 5.41) is 9.24. The van der Waals surface area contributed by atoms with E-state index >= 15 is 0 Å². The van der Waals surface area contributed by atoms with Gasteiger partial charge in [0.05, 0.1) is 12.5 Å². The maximum atomic E-state index is 11.2. The van der Waals surface area contributed by atoms with Crippen LogP contribution in [0.3, 0.4) is 0 Å². The molecule has 0 radical (unpaired) electrons. The number of hydrogen-bond donors (Lipinski definition) is 1. The zero-order valence-corrected chi connectivity index (χ0v) is 9.36. The van der Waals surface area contributed by atoms with Crippen LogP contribution in [0.25, 0.3) is 5.76 Å². The highest BCUT2D eigenvalue weighted by atomic mass is 16.5. The molecule has 0 saturated heterocycles. The summed E-state index contributed by atoms with van der Waals surface area (Å²) in [6.45, 7) is 1.71. The first-order valence-electron chi connectivity index (χ1n) is 5.15. The Labute approximate surface area is 94.4 Å². The molecule has 0 amide bonds. The van der Waals surface area contributed by atoms with Crippen LogP contribution in [0.4, 0.5) is 0 Å². The molecule has 0 aliphatic heterocycles. The Morgan fingerprint density at radius 1 is 1.44 bits per heavy atom. The third-order valence-corrected chi connectivity index (χ3v) is 3.00. The van der Waals surface area contributed by atoms with Crippen molar-refractivity contribution < 1.29 is 14.6 Å². The van der Waals surface area contributed by atoms with Gasteiger partial charge in [-0.05, 0) is 25.0 Å². The molecule has 2 rings (SSSR count). The first-order chi connectivity index (χ1) is 7.57. The second-order valence-electron chi connectivity index (χ2n) is 4.27. The molecule has 16 heavy (non-hydrogen) atoms. The Morgan fingerprint density at radius 2 is 2.12 bits per heavy atom. The molecule has 1 atom stereocenters. The van der Waals surface area contributed by atoms with Crippen LogP contribution in [0, 0.1) is 5.41 Å². The van der Waals surface area contributed by atoms with Crippen LogP contribution >= 0.6 is 0 Å². The van der Waals surface area contributed by atoms with Crippen molar-refractivity contribution in [1.29, 1.82) is 0 Å². The average molecular weight is 218 g/mol. The first-order valence-corrected chi connectivity index (χ1v) is 5.15. The molecule has 0 heterocycles. The molecule has 3 heteroatoms. The zero-order valence-electron chi connectivity index (χ0n) is 9.36. The topological polar surface area (TPSA) is 46.5 Å². The highest BCUT2D eigenvalue weighted by molar-refractivity contribution is 5.82. The number of carboxylic acid groups (broad SMARTS) is 1. The van der Waals surface area contributed by atoms with E-state index in [0.29, 0.717) is 12.2 Å². The number of rotatable bonds is 2. The molecule has 0 fully saturated rings. The molecule has 84 valence electrons. The van der Waals surface area contributed by atoms with E-state index in [1.165, 1.54) is 0 Å². The summed E-state index contributed by atoms with van der Waals surface area (Å²) < 4.78 is 5.26. The summed E-state index contributed by atoms with van der Waals surface area (Å²) in [6, 6.07) is 7.74. The minimum atomic E-state index is -0.875. The van der Waals surface area contributed by atoms with Gasteiger partial charge in [-0.15, -0.1) is 0 Å². The van der Waals surface area contributed by atoms with Crippen molar-refractivity contribution in [1.82, 2.24) is 0 Å². The lowest BCUT2D eigenvalue weighted by Gasteiger charge is -2.28. The summed E-state index contributed by atoms with van der Waals surface area (Å²) in [4.78, 5) is 11.2. The molecule has 1 aliphatic carbocycles. The van der Waals surface area contributed by atoms with Crippen LogP contribution in [0.2, 0.25) is 0 Å². The average Bonchev–Trinajstić information content (AvgIpc) is 2.27. The lowest BCUT2D eigenvalue weighted by atomic mass is 9.77. The fraction of sp³-hybridized carbons (Fsp3) is 0.308. The summed E-state index contributed by atoms with van der Waals surface area (Å²) in [5.74, 6) is -0.177. The third-order valence-electron chi connectivity index (χ3n) is 3.00. The van der Waals surface area contributed by atoms with Gasteiger partial charge in [0.15, 0.2) is 0 Å². The Balaban J connectivity index is 2.55. The molecule has 0 aromatic heterocycles. The number of hydrogen-bond acceptors (Lipinski definition) is 2. The van der Waals surface area contributed by atoms with E-state index in [2.05, 4.69) is 0 Å². The maximum Gasteiger partial charge on any atom is 0.313 e. The monoisotopic (exact) mass is 218 g/mol. The smallest absolute Gasteiger partial charge is 0.313 e. The number of carbonyl (C=O) groups is 1. The van der Waals surface area contributed by atoms with Crippen LogP contribution in [-0.4, -0.2) is 18.2 Å². The molecule has 0 spiro atoms. The maximum absolute atomic E-state index is 11.2. The molecule has 3 nitrogen and oxygen atoms in total. The van der Waals surface area contributed by atoms with Crippen molar-refractivity contribution >= 4 is 11.7 Å². The molecule has 0 saturated carbocycles. The van der Waals surface area contributed by atoms with Gasteiger partial charge in [0.25, 0.3) is 0 Å². The number of aliphatic carboxylic acids is 1. The molecule has 1 aromatic rings. The van der Waals surface area contributed by atoms with Crippen molar-refractivity contribution in [2.75, 3.05) is 7.11 Å². The Hall–Kier alpha value is -1.77. The van der Waals surface area contributed by atoms with Crippen molar-refractivity contribution in [2.45, 2.75) is 13.3 Å². The molecule has 0 bridgehead atoms. The number of fused-ring (bicyclic) bond motifs is 1. The fourth-order valence-electron chi connectivity index (χ4n) is 2.03. The van der Waals surface area contributed by atoms with E-state index in [9.17, 15) is 9.90 Å². The number of benzene rings is 1. The van der Waals surface area contributed by atoms with Crippen molar-refractivity contribution in [3.8, 4) is 0 Å². The predicted octanol–water partition coefficient (Wildman–Crippen LogP) is 2.32. The number of methoxy groups -OCH3 is 1. The number of ether oxygens (including phenoxy) is 1. The van der Waals surface area contributed by atoms with Gasteiger partial charge < -0.3 is 9.84 Å². The fourth-order valence-corrected chi connectivity index (χ4v) is 2.03. The minimum Gasteiger partial charge on any atom is -0.496 e. The predicted molar refractivity (Wildman–Crippen MR) is 60.9 cm³/mol. The lowest BCUT2D eigenvalue weighted by Crippen LogP contribution is -2.31. The second kappa shape index (κ2) is 3.67. The molecule has 1 N–H and O–H groups in total. The van der Waals surface area contributed by atoms with Gasteiger partial charge in [-0.25, -0.2) is 0 Å². The van der Waals surface area contributed by atoms with E-state index in [4.69, 9.17) is 4.74 Å². The molecule has 1 aromatic carbocycles. The largest absolute Gasteiger partial charge is 0.496 e. The van der Waals surface area contributed by atoms with Gasteiger partial charge >= 0.3 is 5.97 Å².